The van der Waals surface area contributed by atoms with Gasteiger partial charge in [-0.15, -0.1) is 11.3 Å². The van der Waals surface area contributed by atoms with E-state index in [1.807, 2.05) is 12.3 Å². The van der Waals surface area contributed by atoms with E-state index in [2.05, 4.69) is 4.98 Å². The van der Waals surface area contributed by atoms with Crippen LogP contribution in [0.4, 0.5) is 0 Å². The molecule has 0 fully saturated rings. The highest BCUT2D eigenvalue weighted by Gasteiger charge is 2.33. The maximum absolute atomic E-state index is 10.2. The lowest BCUT2D eigenvalue weighted by molar-refractivity contribution is -0.207. The van der Waals surface area contributed by atoms with Gasteiger partial charge in [-0.3, -0.25) is 0 Å². The van der Waals surface area contributed by atoms with Gasteiger partial charge in [0.15, 0.2) is 6.29 Å². The summed E-state index contributed by atoms with van der Waals surface area (Å²) in [7, 11) is 3.02. The number of thiazole rings is 1. The summed E-state index contributed by atoms with van der Waals surface area (Å²) in [6.07, 6.45) is -0.209. The second-order valence-electron chi connectivity index (χ2n) is 3.72. The predicted octanol–water partition coefficient (Wildman–Crippen LogP) is 1.36. The largest absolute Gasteiger partial charge is 0.384 e. The Bertz CT molecular complexity index is 307. The molecule has 15 heavy (non-hydrogen) atoms. The molecular weight excluding hydrogens is 214 g/mol. The maximum atomic E-state index is 10.2. The zero-order valence-corrected chi connectivity index (χ0v) is 10.3. The van der Waals surface area contributed by atoms with Gasteiger partial charge in [0.25, 0.3) is 0 Å². The molecule has 0 aliphatic carbocycles. The standard InChI is InChI=1S/C10H17NO3S/c1-7-6-15-8(11-7)5-10(2,12)9(13-3)14-4/h6,9,12H,5H2,1-4H3. The first-order valence-corrected chi connectivity index (χ1v) is 5.56. The first kappa shape index (κ1) is 12.6. The van der Waals surface area contributed by atoms with Crippen LogP contribution >= 0.6 is 11.3 Å². The molecule has 1 atom stereocenters. The second kappa shape index (κ2) is 5.03. The molecule has 0 spiro atoms. The van der Waals surface area contributed by atoms with Crippen molar-refractivity contribution in [3.8, 4) is 0 Å². The third-order valence-corrected chi connectivity index (χ3v) is 3.08. The zero-order valence-electron chi connectivity index (χ0n) is 9.48. The van der Waals surface area contributed by atoms with Crippen LogP contribution in [-0.2, 0) is 15.9 Å². The molecule has 0 saturated heterocycles. The van der Waals surface area contributed by atoms with Gasteiger partial charge in [0.2, 0.25) is 0 Å². The summed E-state index contributed by atoms with van der Waals surface area (Å²) in [5.41, 5.74) is -0.0921. The Morgan fingerprint density at radius 3 is 2.53 bits per heavy atom. The molecule has 86 valence electrons. The molecule has 1 unspecified atom stereocenters. The van der Waals surface area contributed by atoms with E-state index >= 15 is 0 Å². The van der Waals surface area contributed by atoms with E-state index in [9.17, 15) is 5.11 Å². The zero-order chi connectivity index (χ0) is 11.5. The third kappa shape index (κ3) is 3.24. The number of rotatable bonds is 5. The van der Waals surface area contributed by atoms with Crippen LogP contribution in [0.25, 0.3) is 0 Å². The number of aliphatic hydroxyl groups is 1. The highest BCUT2D eigenvalue weighted by molar-refractivity contribution is 7.09. The van der Waals surface area contributed by atoms with Crippen LogP contribution < -0.4 is 0 Å². The number of ether oxygens (including phenoxy) is 2. The first-order valence-electron chi connectivity index (χ1n) is 4.68. The minimum Gasteiger partial charge on any atom is -0.384 e. The van der Waals surface area contributed by atoms with E-state index in [0.29, 0.717) is 6.42 Å². The summed E-state index contributed by atoms with van der Waals surface area (Å²) in [6.45, 7) is 3.61. The normalized spacial score (nSPS) is 15.6. The van der Waals surface area contributed by atoms with Gasteiger partial charge in [0.05, 0.1) is 5.01 Å². The Hall–Kier alpha value is -0.490. The van der Waals surface area contributed by atoms with Crippen LogP contribution in [0.3, 0.4) is 0 Å². The maximum Gasteiger partial charge on any atom is 0.185 e. The molecule has 0 radical (unpaired) electrons. The van der Waals surface area contributed by atoms with Gasteiger partial charge >= 0.3 is 0 Å². The Morgan fingerprint density at radius 2 is 2.13 bits per heavy atom. The van der Waals surface area contributed by atoms with Crippen molar-refractivity contribution in [2.45, 2.75) is 32.2 Å². The molecule has 1 rings (SSSR count). The minimum atomic E-state index is -1.06. The SMILES string of the molecule is COC(OC)C(C)(O)Cc1nc(C)cs1. The molecule has 0 aliphatic heterocycles. The average molecular weight is 231 g/mol. The molecule has 1 aromatic rings. The van der Waals surface area contributed by atoms with Crippen molar-refractivity contribution in [1.29, 1.82) is 0 Å². The quantitative estimate of drug-likeness (QED) is 0.777. The van der Waals surface area contributed by atoms with Crippen molar-refractivity contribution in [3.05, 3.63) is 16.1 Å². The number of aryl methyl sites for hydroxylation is 1. The van der Waals surface area contributed by atoms with Gasteiger partial charge in [-0.05, 0) is 13.8 Å². The van der Waals surface area contributed by atoms with Crippen LogP contribution in [0.1, 0.15) is 17.6 Å². The van der Waals surface area contributed by atoms with E-state index in [0.717, 1.165) is 10.7 Å². The van der Waals surface area contributed by atoms with Crippen molar-refractivity contribution in [1.82, 2.24) is 4.98 Å². The fourth-order valence-electron chi connectivity index (χ4n) is 1.48. The molecule has 0 bridgehead atoms. The van der Waals surface area contributed by atoms with Crippen LogP contribution in [-0.4, -0.2) is 36.2 Å². The van der Waals surface area contributed by atoms with Crippen molar-refractivity contribution in [2.24, 2.45) is 0 Å². The van der Waals surface area contributed by atoms with Crippen LogP contribution in [0.15, 0.2) is 5.38 Å². The fraction of sp³-hybridized carbons (Fsp3) is 0.700. The topological polar surface area (TPSA) is 51.6 Å². The number of aromatic nitrogens is 1. The van der Waals surface area contributed by atoms with Crippen molar-refractivity contribution in [2.75, 3.05) is 14.2 Å². The molecule has 1 heterocycles. The van der Waals surface area contributed by atoms with E-state index in [-0.39, 0.29) is 0 Å². The Labute approximate surface area is 93.9 Å². The molecule has 5 heteroatoms. The molecule has 4 nitrogen and oxygen atoms in total. The molecule has 1 aromatic heterocycles. The van der Waals surface area contributed by atoms with Crippen molar-refractivity contribution < 1.29 is 14.6 Å². The highest BCUT2D eigenvalue weighted by Crippen LogP contribution is 2.21. The number of hydrogen-bond donors (Lipinski definition) is 1. The van der Waals surface area contributed by atoms with E-state index in [4.69, 9.17) is 9.47 Å². The Morgan fingerprint density at radius 1 is 1.53 bits per heavy atom. The molecule has 0 amide bonds. The summed E-state index contributed by atoms with van der Waals surface area (Å²) in [5, 5.41) is 13.0. The number of nitrogens with zero attached hydrogens (tertiary/aromatic N) is 1. The molecule has 1 N–H and O–H groups in total. The lowest BCUT2D eigenvalue weighted by Crippen LogP contribution is -2.43. The lowest BCUT2D eigenvalue weighted by atomic mass is 10.0. The van der Waals surface area contributed by atoms with Gasteiger partial charge in [0, 0.05) is 31.7 Å². The molecule has 0 saturated carbocycles. The van der Waals surface area contributed by atoms with Crippen LogP contribution in [0.2, 0.25) is 0 Å². The van der Waals surface area contributed by atoms with E-state index < -0.39 is 11.9 Å². The minimum absolute atomic E-state index is 0.428. The molecule has 0 aliphatic rings. The van der Waals surface area contributed by atoms with Gasteiger partial charge < -0.3 is 14.6 Å². The van der Waals surface area contributed by atoms with Crippen molar-refractivity contribution >= 4 is 11.3 Å². The summed E-state index contributed by atoms with van der Waals surface area (Å²) in [4.78, 5) is 4.29. The summed E-state index contributed by atoms with van der Waals surface area (Å²) in [5.74, 6) is 0. The fourth-order valence-corrected chi connectivity index (χ4v) is 2.41. The number of hydrogen-bond acceptors (Lipinski definition) is 5. The monoisotopic (exact) mass is 231 g/mol. The van der Waals surface area contributed by atoms with E-state index in [1.165, 1.54) is 25.6 Å². The van der Waals surface area contributed by atoms with Gasteiger partial charge in [-0.1, -0.05) is 0 Å². The van der Waals surface area contributed by atoms with Crippen molar-refractivity contribution in [3.63, 3.8) is 0 Å². The lowest BCUT2D eigenvalue weighted by Gasteiger charge is -2.29. The van der Waals surface area contributed by atoms with Crippen LogP contribution in [0, 0.1) is 6.92 Å². The average Bonchev–Trinajstić information content (AvgIpc) is 2.51. The Balaban J connectivity index is 2.70. The molecule has 0 aromatic carbocycles. The summed E-state index contributed by atoms with van der Waals surface area (Å²) < 4.78 is 10.1. The van der Waals surface area contributed by atoms with Gasteiger partial charge in [-0.25, -0.2) is 4.98 Å². The smallest absolute Gasteiger partial charge is 0.185 e. The highest BCUT2D eigenvalue weighted by atomic mass is 32.1. The second-order valence-corrected chi connectivity index (χ2v) is 4.66. The van der Waals surface area contributed by atoms with Gasteiger partial charge in [-0.2, -0.15) is 0 Å². The summed E-state index contributed by atoms with van der Waals surface area (Å²) >= 11 is 1.53. The van der Waals surface area contributed by atoms with E-state index in [1.54, 1.807) is 6.92 Å². The Kier molecular flexibility index (Phi) is 4.21. The first-order chi connectivity index (χ1) is 6.99. The summed E-state index contributed by atoms with van der Waals surface area (Å²) in [6, 6.07) is 0. The number of methoxy groups -OCH3 is 2. The van der Waals surface area contributed by atoms with Gasteiger partial charge in [0.1, 0.15) is 5.60 Å². The van der Waals surface area contributed by atoms with Crippen LogP contribution in [0.5, 0.6) is 0 Å². The third-order valence-electron chi connectivity index (χ3n) is 2.11. The molecular formula is C10H17NO3S. The predicted molar refractivity (Wildman–Crippen MR) is 59.0 cm³/mol.